The maximum Gasteiger partial charge on any atom is 0.200 e. The fourth-order valence-corrected chi connectivity index (χ4v) is 5.64. The lowest BCUT2D eigenvalue weighted by Crippen LogP contribution is -2.26. The molecule has 1 nitrogen and oxygen atoms in total. The van der Waals surface area contributed by atoms with Gasteiger partial charge in [0.05, 0.1) is 0 Å². The van der Waals surface area contributed by atoms with Crippen molar-refractivity contribution in [3.05, 3.63) is 29.3 Å². The van der Waals surface area contributed by atoms with Gasteiger partial charge in [-0.15, -0.1) is 6.42 Å². The normalized spacial score (nSPS) is 28.0. The number of hydrogen-bond donors (Lipinski definition) is 1. The summed E-state index contributed by atoms with van der Waals surface area (Å²) in [6.07, 6.45) is 17.8. The molecular formula is C26H36F2OS. The first kappa shape index (κ1) is 23.5. The van der Waals surface area contributed by atoms with Crippen LogP contribution in [0.3, 0.4) is 0 Å². The number of hydrogen-bond acceptors (Lipinski definition) is 2. The van der Waals surface area contributed by atoms with Crippen molar-refractivity contribution in [2.45, 2.75) is 101 Å². The summed E-state index contributed by atoms with van der Waals surface area (Å²) >= 11 is 4.61. The molecule has 1 atom stereocenters. The van der Waals surface area contributed by atoms with Crippen molar-refractivity contribution in [3.63, 3.8) is 0 Å². The van der Waals surface area contributed by atoms with Gasteiger partial charge < -0.3 is 4.74 Å². The van der Waals surface area contributed by atoms with E-state index >= 15 is 0 Å². The second kappa shape index (κ2) is 11.4. The Morgan fingerprint density at radius 1 is 1.00 bits per heavy atom. The summed E-state index contributed by atoms with van der Waals surface area (Å²) in [5.41, 5.74) is 0.501. The molecule has 0 N–H and O–H groups in total. The fourth-order valence-electron chi connectivity index (χ4n) is 5.34. The van der Waals surface area contributed by atoms with Crippen LogP contribution in [-0.2, 0) is 0 Å². The van der Waals surface area contributed by atoms with E-state index in [0.717, 1.165) is 56.8 Å². The Bertz CT molecular complexity index is 712. The van der Waals surface area contributed by atoms with Gasteiger partial charge in [-0.25, -0.2) is 4.39 Å². The van der Waals surface area contributed by atoms with Crippen LogP contribution in [0, 0.1) is 35.8 Å². The van der Waals surface area contributed by atoms with Crippen LogP contribution in [0.1, 0.15) is 95.5 Å². The zero-order valence-corrected chi connectivity index (χ0v) is 19.1. The molecule has 1 aromatic rings. The van der Waals surface area contributed by atoms with E-state index < -0.39 is 17.7 Å². The quantitative estimate of drug-likeness (QED) is 0.251. The fraction of sp³-hybridized carbons (Fsp3) is 0.692. The molecule has 2 saturated carbocycles. The van der Waals surface area contributed by atoms with E-state index in [0.29, 0.717) is 17.2 Å². The number of rotatable bonds is 8. The third kappa shape index (κ3) is 5.94. The lowest BCUT2D eigenvalue weighted by molar-refractivity contribution is 0.186. The molecule has 0 aliphatic heterocycles. The van der Waals surface area contributed by atoms with Gasteiger partial charge in [-0.05, 0) is 93.6 Å². The third-order valence-corrected chi connectivity index (χ3v) is 7.74. The Labute approximate surface area is 186 Å². The monoisotopic (exact) mass is 434 g/mol. The molecule has 0 radical (unpaired) electrons. The highest BCUT2D eigenvalue weighted by Gasteiger charge is 2.32. The maximum atomic E-state index is 14.9. The van der Waals surface area contributed by atoms with Gasteiger partial charge in [0.2, 0.25) is 5.82 Å². The largest absolute Gasteiger partial charge is 0.475 e. The summed E-state index contributed by atoms with van der Waals surface area (Å²) < 4.78 is 35.2. The van der Waals surface area contributed by atoms with Crippen molar-refractivity contribution < 1.29 is 13.5 Å². The number of terminal acetylenes is 1. The summed E-state index contributed by atoms with van der Waals surface area (Å²) in [4.78, 5) is 0. The summed E-state index contributed by atoms with van der Waals surface area (Å²) in [6.45, 7) is 2.11. The van der Waals surface area contributed by atoms with E-state index in [1.165, 1.54) is 25.7 Å². The van der Waals surface area contributed by atoms with Crippen LogP contribution in [0.2, 0.25) is 0 Å². The standard InChI is InChI=1S/C26H36F2OS/c1-3-5-6-7-21(4-2)29-24-17-16-23(25(27)26(24)28)20-10-8-18(9-11-20)19-12-14-22(30)15-13-19/h2,16-22,30H,3,5-15H2,1H3. The summed E-state index contributed by atoms with van der Waals surface area (Å²) in [7, 11) is 0. The topological polar surface area (TPSA) is 9.23 Å². The van der Waals surface area contributed by atoms with Crippen LogP contribution in [-0.4, -0.2) is 11.4 Å². The van der Waals surface area contributed by atoms with Crippen LogP contribution in [0.15, 0.2) is 12.1 Å². The lowest BCUT2D eigenvalue weighted by atomic mass is 9.70. The molecule has 2 aliphatic rings. The lowest BCUT2D eigenvalue weighted by Gasteiger charge is -2.37. The van der Waals surface area contributed by atoms with Gasteiger partial charge in [-0.2, -0.15) is 17.0 Å². The molecule has 0 heterocycles. The molecule has 1 unspecified atom stereocenters. The van der Waals surface area contributed by atoms with Crippen LogP contribution in [0.25, 0.3) is 0 Å². The Balaban J connectivity index is 1.58. The number of ether oxygens (including phenoxy) is 1. The number of unbranched alkanes of at least 4 members (excludes halogenated alkanes) is 2. The highest BCUT2D eigenvalue weighted by atomic mass is 32.1. The molecule has 4 heteroatoms. The summed E-state index contributed by atoms with van der Waals surface area (Å²) in [5.74, 6) is 2.47. The van der Waals surface area contributed by atoms with E-state index in [1.54, 1.807) is 12.1 Å². The molecule has 2 aliphatic carbocycles. The highest BCUT2D eigenvalue weighted by molar-refractivity contribution is 7.80. The van der Waals surface area contributed by atoms with Crippen molar-refractivity contribution in [1.29, 1.82) is 0 Å². The Morgan fingerprint density at radius 3 is 2.23 bits per heavy atom. The van der Waals surface area contributed by atoms with E-state index in [1.807, 2.05) is 0 Å². The van der Waals surface area contributed by atoms with Gasteiger partial charge in [-0.1, -0.05) is 31.8 Å². The van der Waals surface area contributed by atoms with Crippen LogP contribution >= 0.6 is 12.6 Å². The second-order valence-electron chi connectivity index (χ2n) is 9.23. The van der Waals surface area contributed by atoms with Gasteiger partial charge in [0.25, 0.3) is 0 Å². The third-order valence-electron chi connectivity index (χ3n) is 7.22. The minimum Gasteiger partial charge on any atom is -0.475 e. The molecule has 0 bridgehead atoms. The molecule has 30 heavy (non-hydrogen) atoms. The molecule has 1 aromatic carbocycles. The second-order valence-corrected chi connectivity index (χ2v) is 9.96. The summed E-state index contributed by atoms with van der Waals surface area (Å²) in [5, 5.41) is 0.566. The van der Waals surface area contributed by atoms with Crippen molar-refractivity contribution in [2.24, 2.45) is 11.8 Å². The summed E-state index contributed by atoms with van der Waals surface area (Å²) in [6, 6.07) is 3.28. The minimum atomic E-state index is -0.891. The first-order valence-electron chi connectivity index (χ1n) is 11.8. The van der Waals surface area contributed by atoms with Gasteiger partial charge in [0, 0.05) is 5.25 Å². The van der Waals surface area contributed by atoms with Gasteiger partial charge >= 0.3 is 0 Å². The Hall–Kier alpha value is -1.21. The first-order valence-corrected chi connectivity index (χ1v) is 12.3. The average molecular weight is 435 g/mol. The van der Waals surface area contributed by atoms with E-state index in [9.17, 15) is 8.78 Å². The maximum absolute atomic E-state index is 14.9. The van der Waals surface area contributed by atoms with Gasteiger partial charge in [0.15, 0.2) is 17.7 Å². The van der Waals surface area contributed by atoms with Gasteiger partial charge in [0.1, 0.15) is 0 Å². The molecular weight excluding hydrogens is 398 g/mol. The minimum absolute atomic E-state index is 0.0621. The Kier molecular flexibility index (Phi) is 8.93. The predicted molar refractivity (Wildman–Crippen MR) is 123 cm³/mol. The van der Waals surface area contributed by atoms with Crippen LogP contribution in [0.5, 0.6) is 5.75 Å². The molecule has 0 saturated heterocycles. The molecule has 0 spiro atoms. The van der Waals surface area contributed by atoms with Crippen molar-refractivity contribution in [2.75, 3.05) is 0 Å². The molecule has 166 valence electrons. The van der Waals surface area contributed by atoms with Crippen LogP contribution in [0.4, 0.5) is 8.78 Å². The number of halogens is 2. The van der Waals surface area contributed by atoms with Gasteiger partial charge in [-0.3, -0.25) is 0 Å². The zero-order valence-electron chi connectivity index (χ0n) is 18.2. The smallest absolute Gasteiger partial charge is 0.200 e. The molecule has 0 amide bonds. The SMILES string of the molecule is C#CC(CCCCC)Oc1ccc(C2CCC(C3CCC(S)CC3)CC2)c(F)c1F. The van der Waals surface area contributed by atoms with E-state index in [4.69, 9.17) is 11.2 Å². The van der Waals surface area contributed by atoms with E-state index in [-0.39, 0.29) is 11.7 Å². The predicted octanol–water partition coefficient (Wildman–Crippen LogP) is 7.69. The number of thiol groups is 1. The van der Waals surface area contributed by atoms with Crippen molar-refractivity contribution >= 4 is 12.6 Å². The zero-order chi connectivity index (χ0) is 21.5. The Morgan fingerprint density at radius 2 is 1.63 bits per heavy atom. The highest BCUT2D eigenvalue weighted by Crippen LogP contribution is 2.44. The first-order chi connectivity index (χ1) is 14.5. The van der Waals surface area contributed by atoms with Crippen molar-refractivity contribution in [1.82, 2.24) is 0 Å². The average Bonchev–Trinajstić information content (AvgIpc) is 2.77. The number of benzene rings is 1. The van der Waals surface area contributed by atoms with Crippen molar-refractivity contribution in [3.8, 4) is 18.1 Å². The molecule has 0 aromatic heterocycles. The van der Waals surface area contributed by atoms with E-state index in [2.05, 4.69) is 25.5 Å². The molecule has 3 rings (SSSR count). The molecule has 2 fully saturated rings. The van der Waals surface area contributed by atoms with Crippen LogP contribution < -0.4 is 4.74 Å².